The van der Waals surface area contributed by atoms with Crippen LogP contribution in [0.4, 0.5) is 16.3 Å². The summed E-state index contributed by atoms with van der Waals surface area (Å²) < 4.78 is 5.35. The van der Waals surface area contributed by atoms with Crippen molar-refractivity contribution < 1.29 is 19.7 Å². The number of piperazine rings is 1. The number of ether oxygens (including phenoxy) is 1. The van der Waals surface area contributed by atoms with Gasteiger partial charge in [-0.05, 0) is 36.7 Å². The van der Waals surface area contributed by atoms with Gasteiger partial charge in [-0.15, -0.1) is 0 Å². The molecule has 2 heterocycles. The Labute approximate surface area is 128 Å². The Bertz CT molecular complexity index is 545. The first-order chi connectivity index (χ1) is 10.3. The second-order valence-electron chi connectivity index (χ2n) is 6.10. The topological polar surface area (TPSA) is 86.0 Å². The summed E-state index contributed by atoms with van der Waals surface area (Å²) in [6.07, 6.45) is 1.22. The Kier molecular flexibility index (Phi) is 4.48. The van der Waals surface area contributed by atoms with Crippen LogP contribution in [-0.4, -0.2) is 57.9 Å². The minimum atomic E-state index is -0.498. The monoisotopic (exact) mass is 309 g/mol. The molecule has 1 aliphatic rings. The summed E-state index contributed by atoms with van der Waals surface area (Å²) in [5, 5.41) is 8.76. The Balaban J connectivity index is 1.91. The van der Waals surface area contributed by atoms with E-state index in [1.54, 1.807) is 11.0 Å². The van der Waals surface area contributed by atoms with Crippen molar-refractivity contribution in [2.75, 3.05) is 31.1 Å². The van der Waals surface area contributed by atoms with Gasteiger partial charge in [0.05, 0.1) is 5.69 Å². The van der Waals surface area contributed by atoms with Crippen LogP contribution in [0.1, 0.15) is 20.8 Å². The second kappa shape index (κ2) is 6.17. The lowest BCUT2D eigenvalue weighted by atomic mass is 10.2. The third kappa shape index (κ3) is 4.06. The highest BCUT2D eigenvalue weighted by Gasteiger charge is 2.26. The van der Waals surface area contributed by atoms with Crippen LogP contribution < -0.4 is 4.90 Å². The molecule has 1 N–H and O–H groups in total. The predicted molar refractivity (Wildman–Crippen MR) is 79.3 cm³/mol. The molecule has 1 amide bonds. The number of anilines is 1. The highest BCUT2D eigenvalue weighted by molar-refractivity contribution is 5.68. The number of hydrogen-bond donors (Lipinski definition) is 1. The van der Waals surface area contributed by atoms with E-state index in [1.807, 2.05) is 20.8 Å². The van der Waals surface area contributed by atoms with Crippen LogP contribution in [0.25, 0.3) is 0 Å². The average Bonchev–Trinajstić information content (AvgIpc) is 2.46. The summed E-state index contributed by atoms with van der Waals surface area (Å²) in [6, 6.07) is 3.16. The number of carbonyl (C=O) groups is 1. The molecule has 1 fully saturated rings. The Morgan fingerprint density at radius 3 is 2.36 bits per heavy atom. The van der Waals surface area contributed by atoms with E-state index in [0.717, 1.165) is 5.69 Å². The first-order valence-electron chi connectivity index (χ1n) is 7.11. The van der Waals surface area contributed by atoms with Crippen molar-refractivity contribution in [1.82, 2.24) is 9.88 Å². The van der Waals surface area contributed by atoms with Gasteiger partial charge in [-0.1, -0.05) is 0 Å². The maximum Gasteiger partial charge on any atom is 0.410 e. The van der Waals surface area contributed by atoms with Crippen LogP contribution in [0, 0.1) is 4.91 Å². The van der Waals surface area contributed by atoms with Crippen LogP contribution in [0.3, 0.4) is 0 Å². The van der Waals surface area contributed by atoms with Crippen LogP contribution >= 0.6 is 0 Å². The molecule has 1 saturated heterocycles. The molecular formula is C14H21N4O4+. The van der Waals surface area contributed by atoms with Crippen molar-refractivity contribution in [3.63, 3.8) is 0 Å². The zero-order valence-corrected chi connectivity index (χ0v) is 13.0. The standard InChI is InChI=1S/C14H21N4O4/c1-14(2,3)22-13(19)17-8-6-16(7-9-17)11-4-5-12(15-10-11)18(20)21/h4-5,10H,6-9H2,1-3H3,(H,20,21)/q+1. The SMILES string of the molecule is CC(C)(C)OC(=O)N1CCN(c2ccc([N+](=O)O)nc2)CC1. The van der Waals surface area contributed by atoms with E-state index in [-0.39, 0.29) is 16.8 Å². The largest absolute Gasteiger partial charge is 0.444 e. The van der Waals surface area contributed by atoms with Gasteiger partial charge in [-0.25, -0.2) is 4.79 Å². The highest BCUT2D eigenvalue weighted by Crippen LogP contribution is 2.19. The first kappa shape index (κ1) is 16.0. The molecule has 0 saturated carbocycles. The third-order valence-electron chi connectivity index (χ3n) is 3.22. The molecule has 0 radical (unpaired) electrons. The number of rotatable bonds is 2. The van der Waals surface area contributed by atoms with E-state index in [9.17, 15) is 9.70 Å². The van der Waals surface area contributed by atoms with E-state index < -0.39 is 5.60 Å². The predicted octanol–water partition coefficient (Wildman–Crippen LogP) is 1.94. The number of amides is 1. The second-order valence-corrected chi connectivity index (χ2v) is 6.10. The highest BCUT2D eigenvalue weighted by atomic mass is 16.6. The number of nitrogens with zero attached hydrogens (tertiary/aromatic N) is 4. The summed E-state index contributed by atoms with van der Waals surface area (Å²) in [6.45, 7) is 7.95. The van der Waals surface area contributed by atoms with Gasteiger partial charge in [0.1, 0.15) is 5.60 Å². The fourth-order valence-corrected chi connectivity index (χ4v) is 2.15. The lowest BCUT2D eigenvalue weighted by Gasteiger charge is -2.36. The smallest absolute Gasteiger partial charge is 0.410 e. The average molecular weight is 309 g/mol. The lowest BCUT2D eigenvalue weighted by Crippen LogP contribution is -2.50. The quantitative estimate of drug-likeness (QED) is 0.840. The minimum absolute atomic E-state index is 0.0591. The summed E-state index contributed by atoms with van der Waals surface area (Å²) >= 11 is 0. The van der Waals surface area contributed by atoms with Crippen LogP contribution in [0.5, 0.6) is 0 Å². The number of carbonyl (C=O) groups excluding carboxylic acids is 1. The maximum absolute atomic E-state index is 12.0. The molecule has 120 valence electrons. The molecule has 0 bridgehead atoms. The summed E-state index contributed by atoms with van der Waals surface area (Å²) in [5.74, 6) is -0.0591. The molecule has 22 heavy (non-hydrogen) atoms. The van der Waals surface area contributed by atoms with Gasteiger partial charge in [0, 0.05) is 32.2 Å². The van der Waals surface area contributed by atoms with Crippen LogP contribution in [0.15, 0.2) is 18.3 Å². The number of hydrogen-bond acceptors (Lipinski definition) is 5. The molecule has 1 aromatic rings. The van der Waals surface area contributed by atoms with Crippen molar-refractivity contribution in [2.24, 2.45) is 0 Å². The molecule has 1 aliphatic heterocycles. The zero-order valence-electron chi connectivity index (χ0n) is 13.0. The molecule has 0 spiro atoms. The molecule has 0 unspecified atom stereocenters. The van der Waals surface area contributed by atoms with E-state index in [2.05, 4.69) is 9.88 Å². The van der Waals surface area contributed by atoms with Gasteiger partial charge in [0.15, 0.2) is 11.1 Å². The molecule has 1 aromatic heterocycles. The van der Waals surface area contributed by atoms with Crippen molar-refractivity contribution in [3.8, 4) is 0 Å². The van der Waals surface area contributed by atoms with Crippen molar-refractivity contribution in [2.45, 2.75) is 26.4 Å². The Morgan fingerprint density at radius 2 is 1.91 bits per heavy atom. The van der Waals surface area contributed by atoms with Gasteiger partial charge in [0.25, 0.3) is 0 Å². The fourth-order valence-electron chi connectivity index (χ4n) is 2.15. The number of aromatic nitrogens is 1. The summed E-state index contributed by atoms with van der Waals surface area (Å²) in [5.41, 5.74) is 0.345. The molecule has 8 heteroatoms. The minimum Gasteiger partial charge on any atom is -0.444 e. The Hall–Kier alpha value is -2.38. The first-order valence-corrected chi connectivity index (χ1v) is 7.11. The van der Waals surface area contributed by atoms with Crippen molar-refractivity contribution >= 4 is 17.6 Å². The van der Waals surface area contributed by atoms with Crippen molar-refractivity contribution in [1.29, 1.82) is 0 Å². The van der Waals surface area contributed by atoms with Crippen molar-refractivity contribution in [3.05, 3.63) is 23.2 Å². The molecule has 0 atom stereocenters. The van der Waals surface area contributed by atoms with Gasteiger partial charge in [-0.3, -0.25) is 0 Å². The molecule has 0 aromatic carbocycles. The van der Waals surface area contributed by atoms with Gasteiger partial charge < -0.3 is 19.7 Å². The third-order valence-corrected chi connectivity index (χ3v) is 3.22. The summed E-state index contributed by atoms with van der Waals surface area (Å²) in [7, 11) is 0. The molecule has 8 nitrogen and oxygen atoms in total. The van der Waals surface area contributed by atoms with Gasteiger partial charge in [-0.2, -0.15) is 0 Å². The van der Waals surface area contributed by atoms with Gasteiger partial charge in [0.2, 0.25) is 0 Å². The normalized spacial score (nSPS) is 15.6. The fraction of sp³-hybridized carbons (Fsp3) is 0.571. The van der Waals surface area contributed by atoms with E-state index in [0.29, 0.717) is 26.2 Å². The maximum atomic E-state index is 12.0. The van der Waals surface area contributed by atoms with Crippen LogP contribution in [0.2, 0.25) is 0 Å². The van der Waals surface area contributed by atoms with Gasteiger partial charge >= 0.3 is 11.9 Å². The van der Waals surface area contributed by atoms with E-state index in [4.69, 9.17) is 9.94 Å². The lowest BCUT2D eigenvalue weighted by molar-refractivity contribution is -0.732. The molecular weight excluding hydrogens is 288 g/mol. The van der Waals surface area contributed by atoms with E-state index >= 15 is 0 Å². The van der Waals surface area contributed by atoms with E-state index in [1.165, 1.54) is 12.3 Å². The molecule has 2 rings (SSSR count). The Morgan fingerprint density at radius 1 is 1.27 bits per heavy atom. The van der Waals surface area contributed by atoms with Crippen LogP contribution in [-0.2, 0) is 4.74 Å². The molecule has 0 aliphatic carbocycles. The zero-order chi connectivity index (χ0) is 16.3. The summed E-state index contributed by atoms with van der Waals surface area (Å²) in [4.78, 5) is 30.0. The number of pyridine rings is 1.